The molecule has 200 valence electrons. The fourth-order valence-electron chi connectivity index (χ4n) is 5.94. The van der Waals surface area contributed by atoms with E-state index in [0.717, 1.165) is 23.1 Å². The molecule has 4 bridgehead atoms. The molecule has 0 spiro atoms. The first-order valence-electron chi connectivity index (χ1n) is 13.5. The minimum absolute atomic E-state index is 0.0281. The van der Waals surface area contributed by atoms with Gasteiger partial charge >= 0.3 is 10.2 Å². The summed E-state index contributed by atoms with van der Waals surface area (Å²) in [6.45, 7) is 4.77. The van der Waals surface area contributed by atoms with Crippen LogP contribution in [0.3, 0.4) is 0 Å². The van der Waals surface area contributed by atoms with Crippen LogP contribution in [-0.4, -0.2) is 54.3 Å². The van der Waals surface area contributed by atoms with E-state index < -0.39 is 16.1 Å². The smallest absolute Gasteiger partial charge is 0.304 e. The van der Waals surface area contributed by atoms with Crippen LogP contribution >= 0.6 is 0 Å². The van der Waals surface area contributed by atoms with Crippen molar-refractivity contribution in [3.63, 3.8) is 0 Å². The lowest BCUT2D eigenvalue weighted by Gasteiger charge is -2.32. The molecule has 9 nitrogen and oxygen atoms in total. The molecule has 37 heavy (non-hydrogen) atoms. The number of anilines is 1. The number of hydrogen-bond acceptors (Lipinski definition) is 6. The average molecular weight is 528 g/mol. The number of aromatic nitrogens is 2. The third kappa shape index (κ3) is 6.06. The molecule has 2 fully saturated rings. The monoisotopic (exact) mass is 527 g/mol. The SMILES string of the molecule is Cc1cccc(C)c1-c1cc2nc(n1)NS(=O)(=O)N1CCCC(C1)C(=O)N[C@H](CC1CCCCC1)CO2. The fourth-order valence-corrected chi connectivity index (χ4v) is 7.14. The second-order valence-corrected chi connectivity index (χ2v) is 12.4. The van der Waals surface area contributed by atoms with Crippen LogP contribution in [0.15, 0.2) is 24.3 Å². The minimum Gasteiger partial charge on any atom is -0.475 e. The third-order valence-electron chi connectivity index (χ3n) is 7.88. The molecule has 1 aromatic heterocycles. The summed E-state index contributed by atoms with van der Waals surface area (Å²) in [4.78, 5) is 22.3. The molecule has 5 rings (SSSR count). The summed E-state index contributed by atoms with van der Waals surface area (Å²) in [6.07, 6.45) is 8.19. The number of nitrogens with zero attached hydrogens (tertiary/aromatic N) is 3. The first-order valence-corrected chi connectivity index (χ1v) is 14.9. The number of benzene rings is 1. The zero-order valence-electron chi connectivity index (χ0n) is 21.7. The summed E-state index contributed by atoms with van der Waals surface area (Å²) < 4.78 is 36.7. The van der Waals surface area contributed by atoms with E-state index in [0.29, 0.717) is 31.0 Å². The van der Waals surface area contributed by atoms with Crippen LogP contribution in [0, 0.1) is 25.7 Å². The predicted octanol–water partition coefficient (Wildman–Crippen LogP) is 3.98. The van der Waals surface area contributed by atoms with E-state index in [2.05, 4.69) is 20.0 Å². The molecule has 3 heterocycles. The maximum Gasteiger partial charge on any atom is 0.304 e. The Morgan fingerprint density at radius 2 is 1.81 bits per heavy atom. The van der Waals surface area contributed by atoms with Gasteiger partial charge in [-0.25, -0.2) is 9.71 Å². The van der Waals surface area contributed by atoms with Gasteiger partial charge < -0.3 is 10.1 Å². The number of amides is 1. The number of nitrogens with one attached hydrogen (secondary N) is 2. The Labute approximate surface area is 219 Å². The van der Waals surface area contributed by atoms with Crippen molar-refractivity contribution in [2.75, 3.05) is 24.4 Å². The highest BCUT2D eigenvalue weighted by Gasteiger charge is 2.34. The summed E-state index contributed by atoms with van der Waals surface area (Å²) in [5.74, 6) is 0.311. The number of ether oxygens (including phenoxy) is 1. The Kier molecular flexibility index (Phi) is 7.67. The Bertz CT molecular complexity index is 1230. The van der Waals surface area contributed by atoms with Crippen molar-refractivity contribution >= 4 is 22.1 Å². The molecule has 1 saturated carbocycles. The molecular formula is C27H37N5O4S. The van der Waals surface area contributed by atoms with E-state index in [1.165, 1.54) is 36.4 Å². The Hall–Kier alpha value is -2.72. The molecule has 2 aromatic rings. The van der Waals surface area contributed by atoms with Gasteiger partial charge in [0.1, 0.15) is 6.61 Å². The lowest BCUT2D eigenvalue weighted by atomic mass is 9.84. The van der Waals surface area contributed by atoms with Crippen LogP contribution in [0.2, 0.25) is 0 Å². The molecule has 10 heteroatoms. The Morgan fingerprint density at radius 1 is 1.05 bits per heavy atom. The number of fused-ring (bicyclic) bond motifs is 4. The highest BCUT2D eigenvalue weighted by molar-refractivity contribution is 7.90. The molecule has 2 N–H and O–H groups in total. The van der Waals surface area contributed by atoms with E-state index in [-0.39, 0.29) is 36.9 Å². The molecule has 1 saturated heterocycles. The highest BCUT2D eigenvalue weighted by Crippen LogP contribution is 2.31. The molecule has 2 unspecified atom stereocenters. The zero-order valence-corrected chi connectivity index (χ0v) is 22.5. The predicted molar refractivity (Wildman–Crippen MR) is 142 cm³/mol. The van der Waals surface area contributed by atoms with Crippen LogP contribution < -0.4 is 14.8 Å². The van der Waals surface area contributed by atoms with Gasteiger partial charge in [-0.2, -0.15) is 17.7 Å². The molecule has 3 atom stereocenters. The number of hydrogen-bond donors (Lipinski definition) is 2. The van der Waals surface area contributed by atoms with Gasteiger partial charge in [-0.15, -0.1) is 0 Å². The van der Waals surface area contributed by atoms with Crippen molar-refractivity contribution in [2.45, 2.75) is 71.3 Å². The van der Waals surface area contributed by atoms with Gasteiger partial charge in [0.15, 0.2) is 0 Å². The molecular weight excluding hydrogens is 490 g/mol. The normalized spacial score (nSPS) is 26.4. The summed E-state index contributed by atoms with van der Waals surface area (Å²) in [7, 11) is -3.95. The van der Waals surface area contributed by atoms with E-state index in [1.54, 1.807) is 6.07 Å². The molecule has 1 aliphatic carbocycles. The zero-order chi connectivity index (χ0) is 26.0. The van der Waals surface area contributed by atoms with Gasteiger partial charge in [-0.1, -0.05) is 50.3 Å². The van der Waals surface area contributed by atoms with E-state index >= 15 is 0 Å². The minimum atomic E-state index is -3.95. The number of rotatable bonds is 3. The van der Waals surface area contributed by atoms with Gasteiger partial charge in [-0.3, -0.25) is 4.79 Å². The van der Waals surface area contributed by atoms with Crippen LogP contribution in [-0.2, 0) is 15.0 Å². The number of carbonyl (C=O) groups excluding carboxylic acids is 1. The molecule has 1 amide bonds. The van der Waals surface area contributed by atoms with Crippen LogP contribution in [0.1, 0.15) is 62.5 Å². The second-order valence-electron chi connectivity index (χ2n) is 10.7. The Balaban J connectivity index is 1.52. The van der Waals surface area contributed by atoms with Gasteiger partial charge in [-0.05, 0) is 50.2 Å². The summed E-state index contributed by atoms with van der Waals surface area (Å²) in [6, 6.07) is 7.57. The van der Waals surface area contributed by atoms with Crippen molar-refractivity contribution in [3.8, 4) is 17.1 Å². The molecule has 3 aliphatic rings. The maximum absolute atomic E-state index is 13.3. The van der Waals surface area contributed by atoms with Gasteiger partial charge in [0.2, 0.25) is 17.7 Å². The fraction of sp³-hybridized carbons (Fsp3) is 0.593. The average Bonchev–Trinajstić information content (AvgIpc) is 2.87. The number of carbonyl (C=O) groups is 1. The topological polar surface area (TPSA) is 114 Å². The molecule has 2 aliphatic heterocycles. The summed E-state index contributed by atoms with van der Waals surface area (Å²) >= 11 is 0. The van der Waals surface area contributed by atoms with Gasteiger partial charge in [0.05, 0.1) is 17.7 Å². The largest absolute Gasteiger partial charge is 0.475 e. The van der Waals surface area contributed by atoms with Crippen molar-refractivity contribution in [2.24, 2.45) is 11.8 Å². The second kappa shape index (κ2) is 10.9. The van der Waals surface area contributed by atoms with Gasteiger partial charge in [0, 0.05) is 24.7 Å². The van der Waals surface area contributed by atoms with Crippen molar-refractivity contribution in [1.82, 2.24) is 19.6 Å². The van der Waals surface area contributed by atoms with Gasteiger partial charge in [0.25, 0.3) is 0 Å². The van der Waals surface area contributed by atoms with Crippen molar-refractivity contribution in [3.05, 3.63) is 35.4 Å². The summed E-state index contributed by atoms with van der Waals surface area (Å²) in [5, 5.41) is 3.21. The third-order valence-corrected chi connectivity index (χ3v) is 9.33. The van der Waals surface area contributed by atoms with E-state index in [9.17, 15) is 13.2 Å². The first-order chi connectivity index (χ1) is 17.8. The van der Waals surface area contributed by atoms with Crippen molar-refractivity contribution < 1.29 is 17.9 Å². The maximum atomic E-state index is 13.3. The van der Waals surface area contributed by atoms with E-state index in [4.69, 9.17) is 4.74 Å². The quantitative estimate of drug-likeness (QED) is 0.624. The van der Waals surface area contributed by atoms with Crippen LogP contribution in [0.5, 0.6) is 5.88 Å². The Morgan fingerprint density at radius 3 is 2.57 bits per heavy atom. The number of aryl methyl sites for hydroxylation is 2. The first kappa shape index (κ1) is 25.9. The lowest BCUT2D eigenvalue weighted by molar-refractivity contribution is -0.127. The summed E-state index contributed by atoms with van der Waals surface area (Å²) in [5.41, 5.74) is 3.57. The lowest BCUT2D eigenvalue weighted by Crippen LogP contribution is -2.50. The molecule has 1 aromatic carbocycles. The van der Waals surface area contributed by atoms with Crippen LogP contribution in [0.25, 0.3) is 11.3 Å². The number of piperidine rings is 1. The van der Waals surface area contributed by atoms with E-state index in [1.807, 2.05) is 32.0 Å². The standard InChI is InChI=1S/C27H37N5O4S/c1-18-8-6-9-19(2)25(18)23-15-24-30-27(29-23)31-37(34,35)32-13-7-12-21(16-32)26(33)28-22(17-36-24)14-20-10-4-3-5-11-20/h6,8-9,15,20-22H,3-5,7,10-14,16-17H2,1-2H3,(H,28,33)(H,29,30,31)/t21?,22-/m1/s1. The molecule has 0 radical (unpaired) electrons. The van der Waals surface area contributed by atoms with Crippen LogP contribution in [0.4, 0.5) is 5.95 Å². The van der Waals surface area contributed by atoms with Crippen molar-refractivity contribution in [1.29, 1.82) is 0 Å². The highest BCUT2D eigenvalue weighted by atomic mass is 32.2.